The predicted octanol–water partition coefficient (Wildman–Crippen LogP) is 2.91. The second kappa shape index (κ2) is 4.46. The molecule has 0 spiro atoms. The lowest BCUT2D eigenvalue weighted by atomic mass is 9.88. The third-order valence-electron chi connectivity index (χ3n) is 3.68. The number of nitrogens with one attached hydrogen (secondary N) is 1. The number of methoxy groups -OCH3 is 1. The van der Waals surface area contributed by atoms with Gasteiger partial charge in [0.1, 0.15) is 5.75 Å². The summed E-state index contributed by atoms with van der Waals surface area (Å²) in [5, 5.41) is 3.57. The van der Waals surface area contributed by atoms with E-state index in [1.165, 1.54) is 22.3 Å². The average Bonchev–Trinajstić information content (AvgIpc) is 2.30. The Balaban J connectivity index is 2.59. The van der Waals surface area contributed by atoms with Gasteiger partial charge in [0.05, 0.1) is 7.11 Å². The van der Waals surface area contributed by atoms with Crippen LogP contribution in [0, 0.1) is 13.8 Å². The van der Waals surface area contributed by atoms with Crippen molar-refractivity contribution in [3.8, 4) is 5.75 Å². The van der Waals surface area contributed by atoms with E-state index in [1.807, 2.05) is 0 Å². The fourth-order valence-electron chi connectivity index (χ4n) is 2.66. The van der Waals surface area contributed by atoms with Gasteiger partial charge in [-0.1, -0.05) is 13.0 Å². The number of fused-ring (bicyclic) bond motifs is 1. The highest BCUT2D eigenvalue weighted by molar-refractivity contribution is 5.52. The highest BCUT2D eigenvalue weighted by atomic mass is 16.5. The maximum absolute atomic E-state index is 5.59. The zero-order valence-corrected chi connectivity index (χ0v) is 10.7. The van der Waals surface area contributed by atoms with E-state index in [9.17, 15) is 0 Å². The Labute approximate surface area is 98.0 Å². The molecule has 1 aliphatic rings. The molecular formula is C14H21NO. The van der Waals surface area contributed by atoms with E-state index >= 15 is 0 Å². The van der Waals surface area contributed by atoms with Crippen LogP contribution in [0.4, 0.5) is 0 Å². The van der Waals surface area contributed by atoms with Gasteiger partial charge in [-0.2, -0.15) is 0 Å². The molecule has 1 aliphatic heterocycles. The topological polar surface area (TPSA) is 21.3 Å². The third kappa shape index (κ3) is 1.71. The molecule has 0 aliphatic carbocycles. The minimum atomic E-state index is 0.497. The molecule has 0 fully saturated rings. The van der Waals surface area contributed by atoms with Crippen molar-refractivity contribution in [3.05, 3.63) is 28.3 Å². The van der Waals surface area contributed by atoms with Crippen LogP contribution in [0.25, 0.3) is 0 Å². The molecule has 1 N–H and O–H groups in total. The summed E-state index contributed by atoms with van der Waals surface area (Å²) in [5.74, 6) is 1.11. The Morgan fingerprint density at radius 3 is 2.81 bits per heavy atom. The fraction of sp³-hybridized carbons (Fsp3) is 0.571. The standard InChI is InChI=1S/C14H21NO/c1-5-13-12-8-9(2)10(3)14(16-4)11(12)6-7-15-13/h8,13,15H,5-7H2,1-4H3. The molecule has 0 aromatic heterocycles. The lowest BCUT2D eigenvalue weighted by molar-refractivity contribution is 0.396. The summed E-state index contributed by atoms with van der Waals surface area (Å²) in [5.41, 5.74) is 5.47. The van der Waals surface area contributed by atoms with E-state index in [-0.39, 0.29) is 0 Å². The predicted molar refractivity (Wildman–Crippen MR) is 67.2 cm³/mol. The monoisotopic (exact) mass is 219 g/mol. The molecule has 2 rings (SSSR count). The number of hydrogen-bond acceptors (Lipinski definition) is 2. The molecule has 2 heteroatoms. The molecule has 0 saturated carbocycles. The average molecular weight is 219 g/mol. The summed E-state index contributed by atoms with van der Waals surface area (Å²) < 4.78 is 5.59. The van der Waals surface area contributed by atoms with Crippen LogP contribution in [0.5, 0.6) is 5.75 Å². The van der Waals surface area contributed by atoms with Crippen molar-refractivity contribution < 1.29 is 4.74 Å². The minimum absolute atomic E-state index is 0.497. The van der Waals surface area contributed by atoms with Crippen molar-refractivity contribution in [2.45, 2.75) is 39.7 Å². The van der Waals surface area contributed by atoms with E-state index in [2.05, 4.69) is 32.2 Å². The summed E-state index contributed by atoms with van der Waals surface area (Å²) in [6, 6.07) is 2.82. The molecule has 1 heterocycles. The van der Waals surface area contributed by atoms with Crippen molar-refractivity contribution in [2.75, 3.05) is 13.7 Å². The first kappa shape index (κ1) is 11.5. The van der Waals surface area contributed by atoms with Gasteiger partial charge in [-0.25, -0.2) is 0 Å². The second-order valence-electron chi connectivity index (χ2n) is 4.58. The quantitative estimate of drug-likeness (QED) is 0.825. The van der Waals surface area contributed by atoms with Gasteiger partial charge in [0.15, 0.2) is 0 Å². The van der Waals surface area contributed by atoms with E-state index in [1.54, 1.807) is 7.11 Å². The summed E-state index contributed by atoms with van der Waals surface area (Å²) in [4.78, 5) is 0. The molecule has 2 nitrogen and oxygen atoms in total. The molecule has 0 radical (unpaired) electrons. The van der Waals surface area contributed by atoms with Gasteiger partial charge >= 0.3 is 0 Å². The molecule has 1 aromatic rings. The summed E-state index contributed by atoms with van der Waals surface area (Å²) >= 11 is 0. The Kier molecular flexibility index (Phi) is 3.20. The van der Waals surface area contributed by atoms with Gasteiger partial charge in [-0.15, -0.1) is 0 Å². The van der Waals surface area contributed by atoms with Crippen LogP contribution in [-0.2, 0) is 6.42 Å². The van der Waals surface area contributed by atoms with Gasteiger partial charge in [0.2, 0.25) is 0 Å². The summed E-state index contributed by atoms with van der Waals surface area (Å²) in [6.45, 7) is 7.61. The second-order valence-corrected chi connectivity index (χ2v) is 4.58. The van der Waals surface area contributed by atoms with E-state index in [4.69, 9.17) is 4.74 Å². The first-order chi connectivity index (χ1) is 7.69. The molecule has 16 heavy (non-hydrogen) atoms. The van der Waals surface area contributed by atoms with Crippen LogP contribution in [0.1, 0.15) is 41.6 Å². The smallest absolute Gasteiger partial charge is 0.125 e. The summed E-state index contributed by atoms with van der Waals surface area (Å²) in [6.07, 6.45) is 2.22. The zero-order valence-electron chi connectivity index (χ0n) is 10.7. The number of aryl methyl sites for hydroxylation is 1. The third-order valence-corrected chi connectivity index (χ3v) is 3.68. The van der Waals surface area contributed by atoms with Gasteiger partial charge in [-0.05, 0) is 49.9 Å². The molecule has 0 bridgehead atoms. The maximum Gasteiger partial charge on any atom is 0.125 e. The fourth-order valence-corrected chi connectivity index (χ4v) is 2.66. The number of benzene rings is 1. The maximum atomic E-state index is 5.59. The number of hydrogen-bond donors (Lipinski definition) is 1. The van der Waals surface area contributed by atoms with Crippen molar-refractivity contribution >= 4 is 0 Å². The lowest BCUT2D eigenvalue weighted by Crippen LogP contribution is -2.30. The number of rotatable bonds is 2. The Hall–Kier alpha value is -1.02. The van der Waals surface area contributed by atoms with Crippen molar-refractivity contribution in [1.82, 2.24) is 5.32 Å². The Morgan fingerprint density at radius 1 is 1.44 bits per heavy atom. The Morgan fingerprint density at radius 2 is 2.19 bits per heavy atom. The van der Waals surface area contributed by atoms with E-state index in [0.717, 1.165) is 25.1 Å². The number of ether oxygens (including phenoxy) is 1. The van der Waals surface area contributed by atoms with Crippen LogP contribution >= 0.6 is 0 Å². The van der Waals surface area contributed by atoms with Crippen LogP contribution in [0.2, 0.25) is 0 Å². The molecule has 1 aromatic carbocycles. The van der Waals surface area contributed by atoms with E-state index < -0.39 is 0 Å². The Bertz CT molecular complexity index is 398. The first-order valence-corrected chi connectivity index (χ1v) is 6.09. The highest BCUT2D eigenvalue weighted by Gasteiger charge is 2.23. The van der Waals surface area contributed by atoms with Crippen molar-refractivity contribution in [3.63, 3.8) is 0 Å². The van der Waals surface area contributed by atoms with Gasteiger partial charge in [0.25, 0.3) is 0 Å². The zero-order chi connectivity index (χ0) is 11.7. The summed E-state index contributed by atoms with van der Waals surface area (Å²) in [7, 11) is 1.78. The van der Waals surface area contributed by atoms with Crippen LogP contribution in [0.3, 0.4) is 0 Å². The van der Waals surface area contributed by atoms with Gasteiger partial charge in [0, 0.05) is 11.6 Å². The molecule has 1 atom stereocenters. The van der Waals surface area contributed by atoms with Crippen LogP contribution in [-0.4, -0.2) is 13.7 Å². The van der Waals surface area contributed by atoms with E-state index in [0.29, 0.717) is 6.04 Å². The minimum Gasteiger partial charge on any atom is -0.496 e. The molecule has 88 valence electrons. The largest absolute Gasteiger partial charge is 0.496 e. The SMILES string of the molecule is CCC1NCCc2c1cc(C)c(C)c2OC. The van der Waals surface area contributed by atoms with Gasteiger partial charge < -0.3 is 10.1 Å². The molecule has 0 amide bonds. The van der Waals surface area contributed by atoms with Gasteiger partial charge in [-0.3, -0.25) is 0 Å². The van der Waals surface area contributed by atoms with Crippen LogP contribution < -0.4 is 10.1 Å². The molecular weight excluding hydrogens is 198 g/mol. The van der Waals surface area contributed by atoms with Crippen LogP contribution in [0.15, 0.2) is 6.07 Å². The van der Waals surface area contributed by atoms with Crippen molar-refractivity contribution in [1.29, 1.82) is 0 Å². The molecule has 1 unspecified atom stereocenters. The first-order valence-electron chi connectivity index (χ1n) is 6.09. The molecule has 0 saturated heterocycles. The van der Waals surface area contributed by atoms with Crippen molar-refractivity contribution in [2.24, 2.45) is 0 Å². The lowest BCUT2D eigenvalue weighted by Gasteiger charge is -2.29. The highest BCUT2D eigenvalue weighted by Crippen LogP contribution is 2.36. The normalized spacial score (nSPS) is 19.4.